The van der Waals surface area contributed by atoms with Gasteiger partial charge in [-0.3, -0.25) is 9.78 Å². The van der Waals surface area contributed by atoms with Crippen LogP contribution in [0, 0.1) is 11.2 Å². The molecule has 2 rings (SSSR count). The summed E-state index contributed by atoms with van der Waals surface area (Å²) in [6, 6.07) is 7.08. The molecule has 1 aromatic heterocycles. The highest BCUT2D eigenvalue weighted by molar-refractivity contribution is 5.92. The number of urea groups is 1. The second-order valence-electron chi connectivity index (χ2n) is 7.58. The fourth-order valence-corrected chi connectivity index (χ4v) is 2.66. The Bertz CT molecular complexity index is 803. The van der Waals surface area contributed by atoms with E-state index in [-0.39, 0.29) is 17.1 Å². The van der Waals surface area contributed by atoms with Gasteiger partial charge in [0, 0.05) is 25.0 Å². The highest BCUT2D eigenvalue weighted by Gasteiger charge is 2.22. The maximum Gasteiger partial charge on any atom is 0.319 e. The van der Waals surface area contributed by atoms with Crippen molar-refractivity contribution in [3.05, 3.63) is 54.1 Å². The minimum Gasteiger partial charge on any atom is -0.331 e. The molecular weight excluding hydrogens is 347 g/mol. The summed E-state index contributed by atoms with van der Waals surface area (Å²) in [4.78, 5) is 27.7. The number of carbonyl (C=O) groups is 2. The number of nitrogens with zero attached hydrogens (tertiary/aromatic N) is 1. The summed E-state index contributed by atoms with van der Waals surface area (Å²) in [5.74, 6) is -0.963. The van der Waals surface area contributed by atoms with Gasteiger partial charge >= 0.3 is 6.03 Å². The van der Waals surface area contributed by atoms with E-state index in [2.05, 4.69) is 41.7 Å². The summed E-state index contributed by atoms with van der Waals surface area (Å²) < 4.78 is 13.7. The summed E-state index contributed by atoms with van der Waals surface area (Å²) in [5.41, 5.74) is 1.28. The van der Waals surface area contributed by atoms with Gasteiger partial charge in [0.1, 0.15) is 5.82 Å². The summed E-state index contributed by atoms with van der Waals surface area (Å²) >= 11 is 0. The number of aromatic nitrogens is 1. The SMILES string of the molecule is CC(=O)Nc1cc(NC(=O)N[C@H](CC(C)(C)C)c2cccnc2)ccc1F. The topological polar surface area (TPSA) is 83.1 Å². The van der Waals surface area contributed by atoms with Gasteiger partial charge in [-0.15, -0.1) is 0 Å². The van der Waals surface area contributed by atoms with Crippen molar-refractivity contribution in [2.45, 2.75) is 40.2 Å². The van der Waals surface area contributed by atoms with Gasteiger partial charge in [-0.05, 0) is 41.7 Å². The van der Waals surface area contributed by atoms with Crippen LogP contribution in [-0.4, -0.2) is 16.9 Å². The van der Waals surface area contributed by atoms with Gasteiger partial charge in [-0.25, -0.2) is 9.18 Å². The Kier molecular flexibility index (Phi) is 6.50. The van der Waals surface area contributed by atoms with Crippen LogP contribution in [0.3, 0.4) is 0 Å². The van der Waals surface area contributed by atoms with Crippen molar-refractivity contribution in [1.82, 2.24) is 10.3 Å². The molecule has 0 aliphatic rings. The van der Waals surface area contributed by atoms with Gasteiger partial charge in [-0.1, -0.05) is 26.8 Å². The molecule has 0 saturated heterocycles. The molecule has 6 nitrogen and oxygen atoms in total. The van der Waals surface area contributed by atoms with Gasteiger partial charge < -0.3 is 16.0 Å². The van der Waals surface area contributed by atoms with E-state index in [1.807, 2.05) is 12.1 Å². The maximum absolute atomic E-state index is 13.7. The van der Waals surface area contributed by atoms with E-state index in [0.717, 1.165) is 5.56 Å². The molecule has 0 bridgehead atoms. The lowest BCUT2D eigenvalue weighted by Gasteiger charge is -2.27. The van der Waals surface area contributed by atoms with E-state index < -0.39 is 17.8 Å². The number of benzene rings is 1. The summed E-state index contributed by atoms with van der Waals surface area (Å²) in [6.45, 7) is 7.57. The van der Waals surface area contributed by atoms with Crippen LogP contribution in [0.25, 0.3) is 0 Å². The number of pyridine rings is 1. The number of hydrogen-bond donors (Lipinski definition) is 3. The molecule has 27 heavy (non-hydrogen) atoms. The highest BCUT2D eigenvalue weighted by atomic mass is 19.1. The van der Waals surface area contributed by atoms with Gasteiger partial charge in [0.2, 0.25) is 5.91 Å². The van der Waals surface area contributed by atoms with Crippen molar-refractivity contribution in [3.8, 4) is 0 Å². The summed E-state index contributed by atoms with van der Waals surface area (Å²) in [6.07, 6.45) is 4.12. The van der Waals surface area contributed by atoms with Crippen molar-refractivity contribution in [3.63, 3.8) is 0 Å². The van der Waals surface area contributed by atoms with Gasteiger partial charge in [0.05, 0.1) is 11.7 Å². The number of anilines is 2. The molecule has 0 radical (unpaired) electrons. The Morgan fingerprint density at radius 2 is 1.93 bits per heavy atom. The Balaban J connectivity index is 2.13. The number of hydrogen-bond acceptors (Lipinski definition) is 3. The molecule has 144 valence electrons. The second kappa shape index (κ2) is 8.62. The molecule has 1 atom stereocenters. The standard InChI is InChI=1S/C20H25FN4O2/c1-13(26)23-17-10-15(7-8-16(17)21)24-19(27)25-18(11-20(2,3)4)14-6-5-9-22-12-14/h5-10,12,18H,11H2,1-4H3,(H,23,26)(H2,24,25,27)/t18-/m1/s1. The zero-order valence-corrected chi connectivity index (χ0v) is 16.0. The zero-order valence-electron chi connectivity index (χ0n) is 16.0. The Labute approximate surface area is 158 Å². The monoisotopic (exact) mass is 372 g/mol. The molecular formula is C20H25FN4O2. The van der Waals surface area contributed by atoms with Crippen molar-refractivity contribution >= 4 is 23.3 Å². The number of nitrogens with one attached hydrogen (secondary N) is 3. The maximum atomic E-state index is 13.7. The lowest BCUT2D eigenvalue weighted by atomic mass is 9.86. The predicted molar refractivity (Wildman–Crippen MR) is 104 cm³/mol. The van der Waals surface area contributed by atoms with Crippen LogP contribution in [0.4, 0.5) is 20.6 Å². The molecule has 0 aliphatic heterocycles. The first kappa shape index (κ1) is 20.4. The number of halogens is 1. The largest absolute Gasteiger partial charge is 0.331 e. The molecule has 0 saturated carbocycles. The number of carbonyl (C=O) groups excluding carboxylic acids is 2. The molecule has 0 aliphatic carbocycles. The van der Waals surface area contributed by atoms with E-state index in [0.29, 0.717) is 12.1 Å². The molecule has 1 aromatic carbocycles. The van der Waals surface area contributed by atoms with Crippen LogP contribution in [0.15, 0.2) is 42.7 Å². The van der Waals surface area contributed by atoms with Gasteiger partial charge in [0.25, 0.3) is 0 Å². The normalized spacial score (nSPS) is 12.2. The van der Waals surface area contributed by atoms with Crippen LogP contribution in [0.2, 0.25) is 0 Å². The highest BCUT2D eigenvalue weighted by Crippen LogP contribution is 2.29. The Morgan fingerprint density at radius 3 is 2.52 bits per heavy atom. The van der Waals surface area contributed by atoms with E-state index >= 15 is 0 Å². The Hall–Kier alpha value is -2.96. The van der Waals surface area contributed by atoms with Crippen LogP contribution < -0.4 is 16.0 Å². The lowest BCUT2D eigenvalue weighted by molar-refractivity contribution is -0.114. The minimum absolute atomic E-state index is 0.0117. The summed E-state index contributed by atoms with van der Waals surface area (Å²) in [7, 11) is 0. The molecule has 1 heterocycles. The lowest BCUT2D eigenvalue weighted by Crippen LogP contribution is -2.34. The first-order chi connectivity index (χ1) is 12.6. The van der Waals surface area contributed by atoms with Crippen molar-refractivity contribution < 1.29 is 14.0 Å². The second-order valence-corrected chi connectivity index (χ2v) is 7.58. The van der Waals surface area contributed by atoms with Crippen molar-refractivity contribution in [1.29, 1.82) is 0 Å². The van der Waals surface area contributed by atoms with E-state index in [9.17, 15) is 14.0 Å². The van der Waals surface area contributed by atoms with E-state index in [1.54, 1.807) is 12.4 Å². The first-order valence-electron chi connectivity index (χ1n) is 8.68. The average molecular weight is 372 g/mol. The fourth-order valence-electron chi connectivity index (χ4n) is 2.66. The summed E-state index contributed by atoms with van der Waals surface area (Å²) in [5, 5.41) is 8.01. The minimum atomic E-state index is -0.572. The van der Waals surface area contributed by atoms with E-state index in [4.69, 9.17) is 0 Å². The first-order valence-corrected chi connectivity index (χ1v) is 8.68. The third kappa shape index (κ3) is 6.69. The molecule has 0 spiro atoms. The smallest absolute Gasteiger partial charge is 0.319 e. The Morgan fingerprint density at radius 1 is 1.19 bits per heavy atom. The van der Waals surface area contributed by atoms with Gasteiger partial charge in [0.15, 0.2) is 0 Å². The quantitative estimate of drug-likeness (QED) is 0.724. The van der Waals surface area contributed by atoms with Gasteiger partial charge in [-0.2, -0.15) is 0 Å². The molecule has 3 amide bonds. The third-order valence-corrected chi connectivity index (χ3v) is 3.74. The van der Waals surface area contributed by atoms with Crippen LogP contribution in [0.5, 0.6) is 0 Å². The van der Waals surface area contributed by atoms with E-state index in [1.165, 1.54) is 25.1 Å². The molecule has 0 unspecified atom stereocenters. The molecule has 2 aromatic rings. The van der Waals surface area contributed by atoms with Crippen LogP contribution in [0.1, 0.15) is 45.7 Å². The van der Waals surface area contributed by atoms with Crippen LogP contribution >= 0.6 is 0 Å². The average Bonchev–Trinajstić information content (AvgIpc) is 2.56. The molecule has 7 heteroatoms. The van der Waals surface area contributed by atoms with Crippen molar-refractivity contribution in [2.75, 3.05) is 10.6 Å². The molecule has 3 N–H and O–H groups in total. The van der Waals surface area contributed by atoms with Crippen LogP contribution in [-0.2, 0) is 4.79 Å². The predicted octanol–water partition coefficient (Wildman–Crippen LogP) is 4.48. The number of rotatable bonds is 5. The zero-order chi connectivity index (χ0) is 20.0. The molecule has 0 fully saturated rings. The third-order valence-electron chi connectivity index (χ3n) is 3.74. The number of amides is 3. The van der Waals surface area contributed by atoms with Crippen molar-refractivity contribution in [2.24, 2.45) is 5.41 Å². The fraction of sp³-hybridized carbons (Fsp3) is 0.350.